The molecule has 3 rings (SSSR count). The number of carbonyl (C=O) groups excluding carboxylic acids is 1. The number of rotatable bonds is 2. The van der Waals surface area contributed by atoms with Gasteiger partial charge >= 0.3 is 6.03 Å². The Morgan fingerprint density at radius 2 is 2.11 bits per heavy atom. The van der Waals surface area contributed by atoms with Crippen molar-refractivity contribution < 1.29 is 4.79 Å². The van der Waals surface area contributed by atoms with Crippen molar-refractivity contribution in [1.29, 1.82) is 0 Å². The highest BCUT2D eigenvalue weighted by atomic mass is 16.2. The van der Waals surface area contributed by atoms with Gasteiger partial charge in [0.2, 0.25) is 0 Å². The molecule has 2 heterocycles. The van der Waals surface area contributed by atoms with Gasteiger partial charge in [-0.2, -0.15) is 4.99 Å². The minimum Gasteiger partial charge on any atom is -0.385 e. The second-order valence-electron chi connectivity index (χ2n) is 4.46. The van der Waals surface area contributed by atoms with Crippen molar-refractivity contribution in [3.05, 3.63) is 42.2 Å². The number of aromatic nitrogens is 1. The lowest BCUT2D eigenvalue weighted by atomic mass is 10.0. The number of benzene rings is 1. The van der Waals surface area contributed by atoms with Gasteiger partial charge in [0.25, 0.3) is 0 Å². The first-order chi connectivity index (χ1) is 9.22. The molecule has 1 aromatic carbocycles. The third kappa shape index (κ3) is 1.74. The van der Waals surface area contributed by atoms with E-state index in [0.717, 1.165) is 16.3 Å². The highest BCUT2D eigenvalue weighted by Crippen LogP contribution is 2.31. The molecular weight excluding hydrogens is 240 g/mol. The van der Waals surface area contributed by atoms with Gasteiger partial charge in [-0.15, -0.1) is 0 Å². The van der Waals surface area contributed by atoms with E-state index in [9.17, 15) is 4.79 Å². The fourth-order valence-electron chi connectivity index (χ4n) is 2.51. The molecule has 0 saturated carbocycles. The number of amides is 2. The van der Waals surface area contributed by atoms with Crippen molar-refractivity contribution in [2.75, 3.05) is 6.54 Å². The highest BCUT2D eigenvalue weighted by molar-refractivity contribution is 6.05. The second kappa shape index (κ2) is 4.35. The van der Waals surface area contributed by atoms with Crippen LogP contribution in [0.5, 0.6) is 0 Å². The summed E-state index contributed by atoms with van der Waals surface area (Å²) < 4.78 is 0. The molecule has 1 atom stereocenters. The van der Waals surface area contributed by atoms with E-state index in [0.29, 0.717) is 12.4 Å². The van der Waals surface area contributed by atoms with Gasteiger partial charge in [-0.1, -0.05) is 24.3 Å². The lowest BCUT2D eigenvalue weighted by Gasteiger charge is -2.23. The van der Waals surface area contributed by atoms with E-state index in [2.05, 4.69) is 9.98 Å². The summed E-state index contributed by atoms with van der Waals surface area (Å²) in [6.07, 6.45) is 3.57. The van der Waals surface area contributed by atoms with Crippen LogP contribution in [0.2, 0.25) is 0 Å². The van der Waals surface area contributed by atoms with E-state index in [1.54, 1.807) is 17.3 Å². The Morgan fingerprint density at radius 1 is 1.32 bits per heavy atom. The van der Waals surface area contributed by atoms with E-state index in [4.69, 9.17) is 5.73 Å². The molecule has 1 aromatic heterocycles. The lowest BCUT2D eigenvalue weighted by Crippen LogP contribution is -2.33. The summed E-state index contributed by atoms with van der Waals surface area (Å²) in [6.45, 7) is 2.48. The van der Waals surface area contributed by atoms with Crippen molar-refractivity contribution in [2.24, 2.45) is 10.7 Å². The SMILES string of the molecule is CCN1C(=O)N=C(N)C1c1cncc2ccccc12. The van der Waals surface area contributed by atoms with Gasteiger partial charge in [0, 0.05) is 29.9 Å². The summed E-state index contributed by atoms with van der Waals surface area (Å²) in [5.41, 5.74) is 6.84. The van der Waals surface area contributed by atoms with Crippen molar-refractivity contribution in [2.45, 2.75) is 13.0 Å². The number of amidine groups is 1. The number of fused-ring (bicyclic) bond motifs is 1. The third-order valence-electron chi connectivity index (χ3n) is 3.40. The molecule has 1 unspecified atom stereocenters. The maximum absolute atomic E-state index is 11.8. The largest absolute Gasteiger partial charge is 0.385 e. The Morgan fingerprint density at radius 3 is 2.89 bits per heavy atom. The fourth-order valence-corrected chi connectivity index (χ4v) is 2.51. The molecule has 0 fully saturated rings. The monoisotopic (exact) mass is 254 g/mol. The average Bonchev–Trinajstić information content (AvgIpc) is 2.72. The number of nitrogens with two attached hydrogens (primary N) is 1. The van der Waals surface area contributed by atoms with Crippen LogP contribution >= 0.6 is 0 Å². The molecule has 1 aliphatic rings. The highest BCUT2D eigenvalue weighted by Gasteiger charge is 2.34. The molecule has 5 nitrogen and oxygen atoms in total. The molecular formula is C14H14N4O. The van der Waals surface area contributed by atoms with Crippen molar-refractivity contribution >= 4 is 22.6 Å². The number of aliphatic imine (C=N–C) groups is 1. The van der Waals surface area contributed by atoms with Crippen molar-refractivity contribution in [3.63, 3.8) is 0 Å². The van der Waals surface area contributed by atoms with Gasteiger partial charge < -0.3 is 10.6 Å². The Hall–Kier alpha value is -2.43. The number of likely N-dealkylation sites (N-methyl/N-ethyl adjacent to an activating group) is 1. The van der Waals surface area contributed by atoms with Crippen LogP contribution in [0.25, 0.3) is 10.8 Å². The maximum atomic E-state index is 11.8. The fraction of sp³-hybridized carbons (Fsp3) is 0.214. The van der Waals surface area contributed by atoms with Gasteiger partial charge in [0.1, 0.15) is 11.9 Å². The summed E-state index contributed by atoms with van der Waals surface area (Å²) in [5, 5.41) is 2.08. The van der Waals surface area contributed by atoms with Gasteiger partial charge in [-0.3, -0.25) is 4.98 Å². The predicted octanol–water partition coefficient (Wildman–Crippen LogP) is 2.09. The number of hydrogen-bond acceptors (Lipinski definition) is 3. The molecule has 2 aromatic rings. The first-order valence-electron chi connectivity index (χ1n) is 6.19. The second-order valence-corrected chi connectivity index (χ2v) is 4.46. The number of nitrogens with zero attached hydrogens (tertiary/aromatic N) is 3. The molecule has 5 heteroatoms. The quantitative estimate of drug-likeness (QED) is 0.891. The minimum atomic E-state index is -0.309. The first-order valence-corrected chi connectivity index (χ1v) is 6.19. The Labute approximate surface area is 110 Å². The molecule has 19 heavy (non-hydrogen) atoms. The molecule has 1 aliphatic heterocycles. The third-order valence-corrected chi connectivity index (χ3v) is 3.40. The van der Waals surface area contributed by atoms with E-state index in [1.807, 2.05) is 31.2 Å². The summed E-state index contributed by atoms with van der Waals surface area (Å²) in [6, 6.07) is 7.34. The molecule has 0 saturated heterocycles. The number of pyridine rings is 1. The van der Waals surface area contributed by atoms with E-state index in [1.165, 1.54) is 0 Å². The first kappa shape index (κ1) is 11.6. The van der Waals surface area contributed by atoms with Crippen LogP contribution < -0.4 is 5.73 Å². The molecule has 96 valence electrons. The molecule has 0 bridgehead atoms. The molecule has 0 spiro atoms. The normalized spacial score (nSPS) is 19.0. The van der Waals surface area contributed by atoms with Gasteiger partial charge in [-0.05, 0) is 12.3 Å². The number of hydrogen-bond donors (Lipinski definition) is 1. The Balaban J connectivity index is 2.19. The Kier molecular flexibility index (Phi) is 2.67. The summed E-state index contributed by atoms with van der Waals surface area (Å²) in [4.78, 5) is 21.5. The van der Waals surface area contributed by atoms with Gasteiger partial charge in [0.05, 0.1) is 0 Å². The number of urea groups is 1. The van der Waals surface area contributed by atoms with Crippen LogP contribution in [-0.4, -0.2) is 28.3 Å². The van der Waals surface area contributed by atoms with Gasteiger partial charge in [-0.25, -0.2) is 4.79 Å². The van der Waals surface area contributed by atoms with Crippen LogP contribution in [0.1, 0.15) is 18.5 Å². The maximum Gasteiger partial charge on any atom is 0.346 e. The smallest absolute Gasteiger partial charge is 0.346 e. The molecule has 2 N–H and O–H groups in total. The molecule has 2 amide bonds. The predicted molar refractivity (Wildman–Crippen MR) is 73.9 cm³/mol. The van der Waals surface area contributed by atoms with Crippen LogP contribution in [-0.2, 0) is 0 Å². The van der Waals surface area contributed by atoms with Crippen molar-refractivity contribution in [3.8, 4) is 0 Å². The summed E-state index contributed by atoms with van der Waals surface area (Å²) in [5.74, 6) is 0.338. The molecule has 0 radical (unpaired) electrons. The van der Waals surface area contributed by atoms with E-state index in [-0.39, 0.29) is 12.1 Å². The van der Waals surface area contributed by atoms with E-state index >= 15 is 0 Å². The zero-order valence-corrected chi connectivity index (χ0v) is 10.6. The Bertz CT molecular complexity index is 675. The van der Waals surface area contributed by atoms with Crippen LogP contribution in [0.4, 0.5) is 4.79 Å². The summed E-state index contributed by atoms with van der Waals surface area (Å²) in [7, 11) is 0. The van der Waals surface area contributed by atoms with Crippen LogP contribution in [0.3, 0.4) is 0 Å². The standard InChI is InChI=1S/C14H14N4O/c1-2-18-12(13(15)17-14(18)19)11-8-16-7-9-5-3-4-6-10(9)11/h3-8,12H,2H2,1H3,(H2,15,17,19). The number of carbonyl (C=O) groups is 1. The zero-order valence-electron chi connectivity index (χ0n) is 10.6. The molecule has 0 aliphatic carbocycles. The minimum absolute atomic E-state index is 0.280. The van der Waals surface area contributed by atoms with E-state index < -0.39 is 0 Å². The summed E-state index contributed by atoms with van der Waals surface area (Å²) >= 11 is 0. The van der Waals surface area contributed by atoms with Crippen LogP contribution in [0.15, 0.2) is 41.7 Å². The van der Waals surface area contributed by atoms with Gasteiger partial charge in [0.15, 0.2) is 0 Å². The topological polar surface area (TPSA) is 71.6 Å². The average molecular weight is 254 g/mol. The lowest BCUT2D eigenvalue weighted by molar-refractivity contribution is 0.210. The zero-order chi connectivity index (χ0) is 13.4. The van der Waals surface area contributed by atoms with Crippen LogP contribution in [0, 0.1) is 0 Å². The van der Waals surface area contributed by atoms with Crippen molar-refractivity contribution in [1.82, 2.24) is 9.88 Å².